The van der Waals surface area contributed by atoms with Crippen LogP contribution < -0.4 is 10.0 Å². The Morgan fingerprint density at radius 3 is 2.47 bits per heavy atom. The van der Waals surface area contributed by atoms with E-state index in [0.717, 1.165) is 22.1 Å². The Bertz CT molecular complexity index is 568. The van der Waals surface area contributed by atoms with E-state index in [2.05, 4.69) is 5.32 Å². The van der Waals surface area contributed by atoms with Crippen LogP contribution in [0.1, 0.15) is 22.8 Å². The van der Waals surface area contributed by atoms with Crippen molar-refractivity contribution in [2.45, 2.75) is 13.8 Å². The van der Waals surface area contributed by atoms with Crippen LogP contribution in [-0.2, 0) is 10.2 Å². The van der Waals surface area contributed by atoms with Crippen LogP contribution in [0.2, 0.25) is 0 Å². The van der Waals surface area contributed by atoms with Crippen molar-refractivity contribution < 1.29 is 13.2 Å². The molecule has 0 bridgehead atoms. The highest BCUT2D eigenvalue weighted by Gasteiger charge is 2.18. The summed E-state index contributed by atoms with van der Waals surface area (Å²) >= 11 is 0. The first-order valence-corrected chi connectivity index (χ1v) is 7.31. The van der Waals surface area contributed by atoms with Gasteiger partial charge in [0.1, 0.15) is 0 Å². The third-order valence-electron chi connectivity index (χ3n) is 2.57. The summed E-state index contributed by atoms with van der Waals surface area (Å²) in [4.78, 5) is 11.9. The van der Waals surface area contributed by atoms with Gasteiger partial charge in [0.2, 0.25) is 0 Å². The largest absolute Gasteiger partial charge is 0.385 e. The number of rotatable bonds is 5. The van der Waals surface area contributed by atoms with Gasteiger partial charge in [-0.15, -0.1) is 0 Å². The number of amides is 1. The molecule has 0 aliphatic heterocycles. The van der Waals surface area contributed by atoms with Crippen LogP contribution in [0.4, 0.5) is 5.69 Å². The fourth-order valence-electron chi connectivity index (χ4n) is 1.41. The lowest BCUT2D eigenvalue weighted by molar-refractivity contribution is 0.0979. The molecule has 1 aromatic carbocycles. The third kappa shape index (κ3) is 3.93. The van der Waals surface area contributed by atoms with Crippen molar-refractivity contribution in [1.82, 2.24) is 9.03 Å². The number of anilines is 1. The summed E-state index contributed by atoms with van der Waals surface area (Å²) in [5, 5.41) is 3.12. The van der Waals surface area contributed by atoms with Crippen LogP contribution in [0.25, 0.3) is 0 Å². The van der Waals surface area contributed by atoms with Gasteiger partial charge in [-0.3, -0.25) is 4.79 Å². The fourth-order valence-corrected chi connectivity index (χ4v) is 1.95. The summed E-state index contributed by atoms with van der Waals surface area (Å²) in [7, 11) is -1.06. The summed E-state index contributed by atoms with van der Waals surface area (Å²) in [6.07, 6.45) is 0. The molecule has 0 saturated carbocycles. The molecule has 0 radical (unpaired) electrons. The first-order valence-electron chi connectivity index (χ1n) is 5.87. The van der Waals surface area contributed by atoms with E-state index in [1.165, 1.54) is 14.1 Å². The van der Waals surface area contributed by atoms with E-state index in [1.54, 1.807) is 18.2 Å². The summed E-state index contributed by atoms with van der Waals surface area (Å²) < 4.78 is 26.1. The monoisotopic (exact) mass is 285 g/mol. The van der Waals surface area contributed by atoms with Crippen LogP contribution in [-0.4, -0.2) is 39.3 Å². The van der Waals surface area contributed by atoms with Crippen molar-refractivity contribution in [2.75, 3.05) is 26.0 Å². The van der Waals surface area contributed by atoms with Gasteiger partial charge >= 0.3 is 10.2 Å². The Kier molecular flexibility index (Phi) is 4.90. The van der Waals surface area contributed by atoms with Crippen molar-refractivity contribution in [3.63, 3.8) is 0 Å². The predicted octanol–water partition coefficient (Wildman–Crippen LogP) is 0.963. The zero-order valence-electron chi connectivity index (χ0n) is 11.5. The van der Waals surface area contributed by atoms with Gasteiger partial charge in [0, 0.05) is 31.9 Å². The van der Waals surface area contributed by atoms with Gasteiger partial charge in [-0.1, -0.05) is 6.07 Å². The molecule has 19 heavy (non-hydrogen) atoms. The number of nitrogens with zero attached hydrogens (tertiary/aromatic N) is 1. The topological polar surface area (TPSA) is 78.5 Å². The lowest BCUT2D eigenvalue weighted by Crippen LogP contribution is -2.39. The smallest absolute Gasteiger partial charge is 0.303 e. The van der Waals surface area contributed by atoms with Gasteiger partial charge in [-0.25, -0.2) is 4.72 Å². The van der Waals surface area contributed by atoms with Gasteiger partial charge in [-0.05, 0) is 31.5 Å². The number of hydrogen-bond donors (Lipinski definition) is 2. The molecular weight excluding hydrogens is 266 g/mol. The highest BCUT2D eigenvalue weighted by Crippen LogP contribution is 2.16. The molecule has 6 nitrogen and oxygen atoms in total. The summed E-state index contributed by atoms with van der Waals surface area (Å²) in [5.41, 5.74) is 2.11. The SMILES string of the molecule is CCNc1cc(C(=O)NS(=O)(=O)N(C)C)ccc1C. The third-order valence-corrected chi connectivity index (χ3v) is 3.97. The van der Waals surface area contributed by atoms with Crippen LogP contribution in [0, 0.1) is 6.92 Å². The van der Waals surface area contributed by atoms with Crippen molar-refractivity contribution in [3.05, 3.63) is 29.3 Å². The van der Waals surface area contributed by atoms with Gasteiger partial charge < -0.3 is 5.32 Å². The summed E-state index contributed by atoms with van der Waals surface area (Å²) in [6, 6.07) is 5.01. The minimum absolute atomic E-state index is 0.298. The fraction of sp³-hybridized carbons (Fsp3) is 0.417. The summed E-state index contributed by atoms with van der Waals surface area (Å²) in [5.74, 6) is -0.646. The Hall–Kier alpha value is -1.60. The highest BCUT2D eigenvalue weighted by atomic mass is 32.2. The number of benzene rings is 1. The molecule has 1 amide bonds. The average Bonchev–Trinajstić information content (AvgIpc) is 2.31. The van der Waals surface area contributed by atoms with Crippen molar-refractivity contribution in [2.24, 2.45) is 0 Å². The quantitative estimate of drug-likeness (QED) is 0.844. The lowest BCUT2D eigenvalue weighted by atomic mass is 10.1. The molecule has 0 unspecified atom stereocenters. The second-order valence-corrected chi connectivity index (χ2v) is 6.16. The number of nitrogens with one attached hydrogen (secondary N) is 2. The Labute approximate surface area is 114 Å². The molecular formula is C12H19N3O3S. The first kappa shape index (κ1) is 15.5. The number of aryl methyl sites for hydroxylation is 1. The van der Waals surface area contributed by atoms with Crippen molar-refractivity contribution >= 4 is 21.8 Å². The molecule has 0 saturated heterocycles. The number of hydrogen-bond acceptors (Lipinski definition) is 4. The van der Waals surface area contributed by atoms with E-state index in [-0.39, 0.29) is 0 Å². The van der Waals surface area contributed by atoms with Gasteiger partial charge in [0.15, 0.2) is 0 Å². The van der Waals surface area contributed by atoms with E-state index in [4.69, 9.17) is 0 Å². The van der Waals surface area contributed by atoms with Crippen molar-refractivity contribution in [1.29, 1.82) is 0 Å². The van der Waals surface area contributed by atoms with Crippen LogP contribution in [0.3, 0.4) is 0 Å². The number of carbonyl (C=O) groups is 1. The maximum absolute atomic E-state index is 11.9. The van der Waals surface area contributed by atoms with Crippen LogP contribution in [0.5, 0.6) is 0 Å². The highest BCUT2D eigenvalue weighted by molar-refractivity contribution is 7.87. The molecule has 0 fully saturated rings. The molecule has 0 aromatic heterocycles. The van der Waals surface area contributed by atoms with E-state index < -0.39 is 16.1 Å². The minimum atomic E-state index is -3.77. The molecule has 1 rings (SSSR count). The van der Waals surface area contributed by atoms with E-state index in [1.807, 2.05) is 18.6 Å². The van der Waals surface area contributed by atoms with Crippen LogP contribution >= 0.6 is 0 Å². The number of carbonyl (C=O) groups excluding carboxylic acids is 1. The Morgan fingerprint density at radius 2 is 1.95 bits per heavy atom. The second-order valence-electron chi connectivity index (χ2n) is 4.28. The Morgan fingerprint density at radius 1 is 1.32 bits per heavy atom. The predicted molar refractivity (Wildman–Crippen MR) is 75.4 cm³/mol. The molecule has 0 aliphatic rings. The van der Waals surface area contributed by atoms with E-state index in [9.17, 15) is 13.2 Å². The first-order chi connectivity index (χ1) is 8.77. The lowest BCUT2D eigenvalue weighted by Gasteiger charge is -2.13. The standard InChI is InChI=1S/C12H19N3O3S/c1-5-13-11-8-10(7-6-9(11)2)12(16)14-19(17,18)15(3)4/h6-8,13H,5H2,1-4H3,(H,14,16). The van der Waals surface area contributed by atoms with Crippen LogP contribution in [0.15, 0.2) is 18.2 Å². The molecule has 1 aromatic rings. The van der Waals surface area contributed by atoms with Gasteiger partial charge in [-0.2, -0.15) is 12.7 Å². The minimum Gasteiger partial charge on any atom is -0.385 e. The van der Waals surface area contributed by atoms with Crippen molar-refractivity contribution in [3.8, 4) is 0 Å². The van der Waals surface area contributed by atoms with E-state index in [0.29, 0.717) is 5.56 Å². The Balaban J connectivity index is 2.98. The molecule has 0 spiro atoms. The molecule has 0 heterocycles. The molecule has 0 aliphatic carbocycles. The van der Waals surface area contributed by atoms with Gasteiger partial charge in [0.05, 0.1) is 0 Å². The second kappa shape index (κ2) is 6.03. The van der Waals surface area contributed by atoms with E-state index >= 15 is 0 Å². The zero-order valence-corrected chi connectivity index (χ0v) is 12.3. The maximum Gasteiger partial charge on any atom is 0.303 e. The molecule has 7 heteroatoms. The maximum atomic E-state index is 11.9. The molecule has 2 N–H and O–H groups in total. The normalized spacial score (nSPS) is 11.4. The average molecular weight is 285 g/mol. The zero-order chi connectivity index (χ0) is 14.6. The molecule has 106 valence electrons. The summed E-state index contributed by atoms with van der Waals surface area (Å²) in [6.45, 7) is 4.58. The van der Waals surface area contributed by atoms with Gasteiger partial charge in [0.25, 0.3) is 5.91 Å². The molecule has 0 atom stereocenters.